The van der Waals surface area contributed by atoms with Crippen LogP contribution in [0, 0.1) is 0 Å². The number of hydrogen-bond donors (Lipinski definition) is 1. The van der Waals surface area contributed by atoms with E-state index in [1.165, 1.54) is 25.1 Å². The summed E-state index contributed by atoms with van der Waals surface area (Å²) in [4.78, 5) is 5.23. The number of nitrogens with zero attached hydrogens (tertiary/aromatic N) is 3. The zero-order valence-electron chi connectivity index (χ0n) is 13.7. The van der Waals surface area contributed by atoms with E-state index in [2.05, 4.69) is 59.0 Å². The number of piperidine rings is 1. The number of likely N-dealkylation sites (tertiary alicyclic amines) is 1. The molecule has 2 bridgehead atoms. The molecule has 2 fully saturated rings. The van der Waals surface area contributed by atoms with Crippen molar-refractivity contribution in [3.8, 4) is 0 Å². The maximum Gasteiger partial charge on any atom is 0.0370 e. The highest BCUT2D eigenvalue weighted by Gasteiger charge is 2.39. The molecule has 1 unspecified atom stereocenters. The molecule has 0 saturated carbocycles. The van der Waals surface area contributed by atoms with Crippen LogP contribution in [0.25, 0.3) is 0 Å². The lowest BCUT2D eigenvalue weighted by molar-refractivity contribution is 0.116. The summed E-state index contributed by atoms with van der Waals surface area (Å²) in [5.41, 5.74) is 4.66. The summed E-state index contributed by atoms with van der Waals surface area (Å²) in [5.74, 6) is 0.804. The number of piperazine rings is 1. The molecule has 0 aromatic heterocycles. The number of hydrogen-bond acceptors (Lipinski definition) is 4. The first-order chi connectivity index (χ1) is 10.6. The normalized spacial score (nSPS) is 29.2. The van der Waals surface area contributed by atoms with E-state index in [1.54, 1.807) is 11.1 Å². The van der Waals surface area contributed by atoms with Crippen molar-refractivity contribution >= 4 is 18.5 Å². The van der Waals surface area contributed by atoms with Crippen molar-refractivity contribution in [2.45, 2.75) is 44.7 Å². The monoisotopic (exact) mass is 317 g/mol. The first-order valence-electron chi connectivity index (χ1n) is 8.72. The van der Waals surface area contributed by atoms with Crippen LogP contribution in [0.5, 0.6) is 0 Å². The molecule has 0 amide bonds. The molecule has 1 aromatic carbocycles. The van der Waals surface area contributed by atoms with Gasteiger partial charge in [0.25, 0.3) is 0 Å². The number of benzene rings is 1. The lowest BCUT2D eigenvalue weighted by atomic mass is 9.95. The van der Waals surface area contributed by atoms with Gasteiger partial charge in [0.1, 0.15) is 0 Å². The first kappa shape index (κ1) is 14.9. The minimum atomic E-state index is 0.647. The van der Waals surface area contributed by atoms with E-state index in [1.807, 2.05) is 0 Å². The largest absolute Gasteiger partial charge is 0.369 e. The maximum atomic E-state index is 4.46. The van der Waals surface area contributed by atoms with Gasteiger partial charge < -0.3 is 4.90 Å². The van der Waals surface area contributed by atoms with Gasteiger partial charge in [-0.2, -0.15) is 0 Å². The molecule has 4 rings (SSSR count). The topological polar surface area (TPSA) is 9.72 Å². The highest BCUT2D eigenvalue weighted by atomic mass is 32.1. The van der Waals surface area contributed by atoms with E-state index in [0.717, 1.165) is 32.1 Å². The van der Waals surface area contributed by atoms with Gasteiger partial charge in [-0.3, -0.25) is 4.90 Å². The van der Waals surface area contributed by atoms with Crippen LogP contribution in [0.3, 0.4) is 0 Å². The predicted molar refractivity (Wildman–Crippen MR) is 95.8 cm³/mol. The van der Waals surface area contributed by atoms with Gasteiger partial charge in [-0.25, -0.2) is 4.31 Å². The van der Waals surface area contributed by atoms with Gasteiger partial charge in [-0.1, -0.05) is 18.9 Å². The fraction of sp³-hybridized carbons (Fsp3) is 0.667. The van der Waals surface area contributed by atoms with Crippen molar-refractivity contribution in [1.82, 2.24) is 9.21 Å². The van der Waals surface area contributed by atoms with Gasteiger partial charge in [0, 0.05) is 44.0 Å². The number of rotatable bonds is 2. The van der Waals surface area contributed by atoms with E-state index < -0.39 is 0 Å². The average Bonchev–Trinajstić information content (AvgIpc) is 2.80. The number of anilines is 1. The fourth-order valence-electron chi connectivity index (χ4n) is 4.56. The Morgan fingerprint density at radius 3 is 2.55 bits per heavy atom. The molecule has 0 spiro atoms. The van der Waals surface area contributed by atoms with Crippen molar-refractivity contribution < 1.29 is 0 Å². The van der Waals surface area contributed by atoms with Crippen LogP contribution in [-0.2, 0) is 0 Å². The molecule has 3 aliphatic rings. The zero-order valence-corrected chi connectivity index (χ0v) is 14.6. The Morgan fingerprint density at radius 2 is 1.82 bits per heavy atom. The van der Waals surface area contributed by atoms with Gasteiger partial charge in [-0.05, 0) is 62.4 Å². The van der Waals surface area contributed by atoms with Crippen molar-refractivity contribution in [3.63, 3.8) is 0 Å². The first-order valence-corrected chi connectivity index (χ1v) is 9.12. The number of fused-ring (bicyclic) bond motifs is 5. The van der Waals surface area contributed by atoms with E-state index in [9.17, 15) is 0 Å². The molecule has 22 heavy (non-hydrogen) atoms. The lowest BCUT2D eigenvalue weighted by Gasteiger charge is -2.37. The smallest absolute Gasteiger partial charge is 0.0370 e. The Hall–Kier alpha value is -0.710. The van der Waals surface area contributed by atoms with Crippen LogP contribution in [0.15, 0.2) is 18.2 Å². The Balaban J connectivity index is 1.63. The summed E-state index contributed by atoms with van der Waals surface area (Å²) < 4.78 is 2.12. The molecule has 0 radical (unpaired) electrons. The van der Waals surface area contributed by atoms with Gasteiger partial charge >= 0.3 is 0 Å². The summed E-state index contributed by atoms with van der Waals surface area (Å²) >= 11 is 4.46. The van der Waals surface area contributed by atoms with E-state index >= 15 is 0 Å². The van der Waals surface area contributed by atoms with Crippen LogP contribution in [0.2, 0.25) is 0 Å². The Kier molecular flexibility index (Phi) is 3.87. The molecule has 2 saturated heterocycles. The quantitative estimate of drug-likeness (QED) is 0.839. The highest BCUT2D eigenvalue weighted by Crippen LogP contribution is 2.50. The van der Waals surface area contributed by atoms with E-state index in [-0.39, 0.29) is 0 Å². The summed E-state index contributed by atoms with van der Waals surface area (Å²) in [6.45, 7) is 10.2. The van der Waals surface area contributed by atoms with Gasteiger partial charge in [-0.15, -0.1) is 0 Å². The van der Waals surface area contributed by atoms with Crippen LogP contribution < -0.4 is 4.90 Å². The van der Waals surface area contributed by atoms with Gasteiger partial charge in [0.15, 0.2) is 0 Å². The average molecular weight is 318 g/mol. The second-order valence-corrected chi connectivity index (χ2v) is 7.89. The lowest BCUT2D eigenvalue weighted by Crippen LogP contribution is -2.42. The molecule has 0 N–H and O–H groups in total. The Morgan fingerprint density at radius 1 is 1.05 bits per heavy atom. The van der Waals surface area contributed by atoms with Crippen molar-refractivity contribution in [2.75, 3.05) is 37.6 Å². The minimum Gasteiger partial charge on any atom is -0.369 e. The summed E-state index contributed by atoms with van der Waals surface area (Å²) in [6.07, 6.45) is 2.67. The Labute approximate surface area is 139 Å². The Bertz CT molecular complexity index is 551. The van der Waals surface area contributed by atoms with Crippen LogP contribution in [0.4, 0.5) is 5.69 Å². The highest BCUT2D eigenvalue weighted by molar-refractivity contribution is 7.77. The zero-order chi connectivity index (χ0) is 15.3. The van der Waals surface area contributed by atoms with Gasteiger partial charge in [0.05, 0.1) is 0 Å². The number of thiol groups is 1. The van der Waals surface area contributed by atoms with Gasteiger partial charge in [0.2, 0.25) is 0 Å². The van der Waals surface area contributed by atoms with Crippen molar-refractivity contribution in [2.24, 2.45) is 0 Å². The summed E-state index contributed by atoms with van der Waals surface area (Å²) in [7, 11) is 0. The molecule has 1 aliphatic carbocycles. The molecule has 4 heteroatoms. The standard InChI is InChI=1S/C18H27N3S/c1-13(2)21-6-5-14-11-18(21)17-12-15(3-4-16(14)17)19-7-9-20(22)10-8-19/h3-4,12-14,18,22H,5-11H2,1-2H3/t14?,18-/m0/s1. The molecule has 1 aromatic rings. The summed E-state index contributed by atoms with van der Waals surface area (Å²) in [6, 6.07) is 8.57. The second-order valence-electron chi connectivity index (χ2n) is 7.32. The third kappa shape index (κ3) is 2.45. The molecular formula is C18H27N3S. The molecule has 120 valence electrons. The summed E-state index contributed by atoms with van der Waals surface area (Å²) in [5, 5.41) is 0. The van der Waals surface area contributed by atoms with Crippen LogP contribution >= 0.6 is 12.8 Å². The molecule has 3 nitrogen and oxygen atoms in total. The van der Waals surface area contributed by atoms with E-state index in [4.69, 9.17) is 0 Å². The molecular weight excluding hydrogens is 290 g/mol. The second kappa shape index (κ2) is 5.73. The molecule has 2 aliphatic heterocycles. The maximum absolute atomic E-state index is 4.46. The van der Waals surface area contributed by atoms with Crippen molar-refractivity contribution in [1.29, 1.82) is 0 Å². The third-order valence-corrected chi connectivity index (χ3v) is 6.20. The molecule has 2 atom stereocenters. The third-order valence-electron chi connectivity index (χ3n) is 5.80. The van der Waals surface area contributed by atoms with Crippen LogP contribution in [0.1, 0.15) is 49.8 Å². The predicted octanol–water partition coefficient (Wildman–Crippen LogP) is 3.30. The van der Waals surface area contributed by atoms with Crippen molar-refractivity contribution in [3.05, 3.63) is 29.3 Å². The van der Waals surface area contributed by atoms with Crippen LogP contribution in [-0.4, -0.2) is 48.0 Å². The minimum absolute atomic E-state index is 0.647. The van der Waals surface area contributed by atoms with E-state index in [0.29, 0.717) is 12.1 Å². The molecule has 2 heterocycles. The fourth-order valence-corrected chi connectivity index (χ4v) is 4.74. The SMILES string of the molecule is CC(C)N1CCC2C[C@H]1c1cc(N3CCN(S)CC3)ccc12.